The third-order valence-corrected chi connectivity index (χ3v) is 4.22. The molecule has 2 fully saturated rings. The molecule has 1 saturated heterocycles. The third-order valence-electron chi connectivity index (χ3n) is 3.30. The number of hydrogen-bond acceptors (Lipinski definition) is 2. The van der Waals surface area contributed by atoms with Crippen molar-refractivity contribution < 1.29 is 4.79 Å². The van der Waals surface area contributed by atoms with E-state index >= 15 is 0 Å². The van der Waals surface area contributed by atoms with E-state index in [2.05, 4.69) is 26.1 Å². The van der Waals surface area contributed by atoms with Crippen LogP contribution >= 0.6 is 15.9 Å². The number of rotatable bonds is 3. The Morgan fingerprint density at radius 2 is 2.38 bits per heavy atom. The van der Waals surface area contributed by atoms with Gasteiger partial charge in [-0.1, -0.05) is 15.9 Å². The minimum absolute atomic E-state index is 0.193. The van der Waals surface area contributed by atoms with Crippen LogP contribution in [-0.4, -0.2) is 28.0 Å². The molecule has 3 rings (SSSR count). The molecule has 0 spiro atoms. The predicted octanol–water partition coefficient (Wildman–Crippen LogP) is 2.03. The highest BCUT2D eigenvalue weighted by molar-refractivity contribution is 9.09. The van der Waals surface area contributed by atoms with Crippen molar-refractivity contribution in [3.63, 3.8) is 0 Å². The van der Waals surface area contributed by atoms with Crippen LogP contribution in [-0.2, 0) is 4.79 Å². The smallest absolute Gasteiger partial charge is 0.228 e. The van der Waals surface area contributed by atoms with Gasteiger partial charge in [0.15, 0.2) is 5.82 Å². The molecule has 0 radical (unpaired) electrons. The SMILES string of the molecule is O=C1CC(CBr)CN1c1cc(C2CC2)[nH]n1. The summed E-state index contributed by atoms with van der Waals surface area (Å²) in [5, 5.41) is 8.17. The maximum absolute atomic E-state index is 11.8. The summed E-state index contributed by atoms with van der Waals surface area (Å²) in [5.41, 5.74) is 1.19. The molecule has 1 saturated carbocycles. The van der Waals surface area contributed by atoms with Crippen LogP contribution in [0, 0.1) is 5.92 Å². The van der Waals surface area contributed by atoms with Gasteiger partial charge in [-0.15, -0.1) is 0 Å². The van der Waals surface area contributed by atoms with Gasteiger partial charge < -0.3 is 0 Å². The molecule has 1 aromatic rings. The van der Waals surface area contributed by atoms with Gasteiger partial charge in [0.05, 0.1) is 0 Å². The Labute approximate surface area is 103 Å². The number of aromatic nitrogens is 2. The number of nitrogens with one attached hydrogen (secondary N) is 1. The number of amides is 1. The maximum Gasteiger partial charge on any atom is 0.228 e. The lowest BCUT2D eigenvalue weighted by molar-refractivity contribution is -0.117. The Balaban J connectivity index is 1.78. The van der Waals surface area contributed by atoms with E-state index < -0.39 is 0 Å². The van der Waals surface area contributed by atoms with E-state index in [0.717, 1.165) is 17.7 Å². The highest BCUT2D eigenvalue weighted by Crippen LogP contribution is 2.40. The van der Waals surface area contributed by atoms with Gasteiger partial charge in [0.1, 0.15) is 0 Å². The molecule has 1 N–H and O–H groups in total. The summed E-state index contributed by atoms with van der Waals surface area (Å²) < 4.78 is 0. The van der Waals surface area contributed by atoms with Crippen molar-refractivity contribution in [2.75, 3.05) is 16.8 Å². The van der Waals surface area contributed by atoms with E-state index in [0.29, 0.717) is 18.3 Å². The van der Waals surface area contributed by atoms with Crippen LogP contribution in [0.25, 0.3) is 0 Å². The van der Waals surface area contributed by atoms with Crippen LogP contribution in [0.1, 0.15) is 30.9 Å². The first-order chi connectivity index (χ1) is 7.78. The van der Waals surface area contributed by atoms with Gasteiger partial charge in [0.2, 0.25) is 5.91 Å². The molecule has 5 heteroatoms. The minimum atomic E-state index is 0.193. The molecular weight excluding hydrogens is 270 g/mol. The first-order valence-electron chi connectivity index (χ1n) is 5.69. The van der Waals surface area contributed by atoms with Gasteiger partial charge in [-0.3, -0.25) is 14.8 Å². The lowest BCUT2D eigenvalue weighted by Gasteiger charge is -2.11. The van der Waals surface area contributed by atoms with E-state index in [1.54, 1.807) is 4.90 Å². The molecule has 2 aliphatic rings. The molecule has 2 heterocycles. The quantitative estimate of drug-likeness (QED) is 0.863. The van der Waals surface area contributed by atoms with Gasteiger partial charge >= 0.3 is 0 Å². The number of halogens is 1. The Morgan fingerprint density at radius 1 is 1.56 bits per heavy atom. The number of H-pyrrole nitrogens is 1. The Bertz CT molecular complexity index is 413. The fourth-order valence-corrected chi connectivity index (χ4v) is 2.61. The summed E-state index contributed by atoms with van der Waals surface area (Å²) in [5.74, 6) is 2.08. The second-order valence-corrected chi connectivity index (χ2v) is 5.33. The van der Waals surface area contributed by atoms with E-state index in [9.17, 15) is 4.79 Å². The van der Waals surface area contributed by atoms with Gasteiger partial charge in [-0.25, -0.2) is 0 Å². The molecule has 1 amide bonds. The van der Waals surface area contributed by atoms with Crippen LogP contribution in [0.4, 0.5) is 5.82 Å². The van der Waals surface area contributed by atoms with Gasteiger partial charge in [-0.05, 0) is 18.8 Å². The van der Waals surface area contributed by atoms with E-state index in [1.807, 2.05) is 6.07 Å². The van der Waals surface area contributed by atoms with E-state index in [-0.39, 0.29) is 5.91 Å². The highest BCUT2D eigenvalue weighted by atomic mass is 79.9. The first-order valence-corrected chi connectivity index (χ1v) is 6.81. The van der Waals surface area contributed by atoms with Crippen molar-refractivity contribution in [1.82, 2.24) is 10.2 Å². The van der Waals surface area contributed by atoms with E-state index in [1.165, 1.54) is 18.5 Å². The number of anilines is 1. The molecule has 1 aromatic heterocycles. The Hall–Kier alpha value is -0.840. The normalized spacial score (nSPS) is 25.4. The molecule has 1 aliphatic heterocycles. The van der Waals surface area contributed by atoms with Crippen LogP contribution < -0.4 is 4.90 Å². The number of aromatic amines is 1. The predicted molar refractivity (Wildman–Crippen MR) is 64.8 cm³/mol. The molecular formula is C11H14BrN3O. The maximum atomic E-state index is 11.8. The van der Waals surface area contributed by atoms with Gasteiger partial charge in [0, 0.05) is 36.0 Å². The molecule has 0 bridgehead atoms. The zero-order chi connectivity index (χ0) is 11.1. The van der Waals surface area contributed by atoms with E-state index in [4.69, 9.17) is 0 Å². The molecule has 1 unspecified atom stereocenters. The third kappa shape index (κ3) is 1.77. The van der Waals surface area contributed by atoms with Crippen LogP contribution in [0.15, 0.2) is 6.07 Å². The summed E-state index contributed by atoms with van der Waals surface area (Å²) in [7, 11) is 0. The summed E-state index contributed by atoms with van der Waals surface area (Å²) in [4.78, 5) is 13.6. The minimum Gasteiger partial charge on any atom is -0.295 e. The van der Waals surface area contributed by atoms with Crippen LogP contribution in [0.5, 0.6) is 0 Å². The Kier molecular flexibility index (Phi) is 2.50. The fraction of sp³-hybridized carbons (Fsp3) is 0.636. The van der Waals surface area contributed by atoms with Crippen molar-refractivity contribution in [3.05, 3.63) is 11.8 Å². The number of alkyl halides is 1. The molecule has 0 aromatic carbocycles. The van der Waals surface area contributed by atoms with Crippen molar-refractivity contribution in [3.8, 4) is 0 Å². The molecule has 16 heavy (non-hydrogen) atoms. The van der Waals surface area contributed by atoms with Gasteiger partial charge in [-0.2, -0.15) is 5.10 Å². The average molecular weight is 284 g/mol. The largest absolute Gasteiger partial charge is 0.295 e. The van der Waals surface area contributed by atoms with Gasteiger partial charge in [0.25, 0.3) is 0 Å². The van der Waals surface area contributed by atoms with Crippen LogP contribution in [0.3, 0.4) is 0 Å². The second-order valence-electron chi connectivity index (χ2n) is 4.68. The Morgan fingerprint density at radius 3 is 3.00 bits per heavy atom. The first kappa shape index (κ1) is 10.3. The lowest BCUT2D eigenvalue weighted by Crippen LogP contribution is -2.24. The molecule has 1 atom stereocenters. The van der Waals surface area contributed by atoms with Crippen molar-refractivity contribution in [2.45, 2.75) is 25.2 Å². The van der Waals surface area contributed by atoms with Crippen molar-refractivity contribution in [1.29, 1.82) is 0 Å². The van der Waals surface area contributed by atoms with Crippen molar-refractivity contribution >= 4 is 27.7 Å². The lowest BCUT2D eigenvalue weighted by atomic mass is 10.2. The fourth-order valence-electron chi connectivity index (χ4n) is 2.17. The zero-order valence-corrected chi connectivity index (χ0v) is 10.5. The summed E-state index contributed by atoms with van der Waals surface area (Å²) >= 11 is 3.44. The van der Waals surface area contributed by atoms with Crippen molar-refractivity contribution in [2.24, 2.45) is 5.92 Å². The highest BCUT2D eigenvalue weighted by Gasteiger charge is 2.32. The topological polar surface area (TPSA) is 49.0 Å². The molecule has 4 nitrogen and oxygen atoms in total. The van der Waals surface area contributed by atoms with Crippen LogP contribution in [0.2, 0.25) is 0 Å². The number of hydrogen-bond donors (Lipinski definition) is 1. The standard InChI is InChI=1S/C11H14BrN3O/c12-5-7-3-11(16)15(6-7)10-4-9(13-14-10)8-1-2-8/h4,7-8H,1-3,5-6H2,(H,13,14). The monoisotopic (exact) mass is 283 g/mol. The number of carbonyl (C=O) groups excluding carboxylic acids is 1. The average Bonchev–Trinajstić information content (AvgIpc) is 2.89. The second kappa shape index (κ2) is 3.87. The summed E-state index contributed by atoms with van der Waals surface area (Å²) in [6, 6.07) is 2.03. The molecule has 1 aliphatic carbocycles. The zero-order valence-electron chi connectivity index (χ0n) is 8.95. The summed E-state index contributed by atoms with van der Waals surface area (Å²) in [6.07, 6.45) is 3.14. The number of carbonyl (C=O) groups is 1. The molecule has 86 valence electrons. The number of nitrogens with zero attached hydrogens (tertiary/aromatic N) is 2. The summed E-state index contributed by atoms with van der Waals surface area (Å²) in [6.45, 7) is 0.791.